The van der Waals surface area contributed by atoms with Gasteiger partial charge in [-0.25, -0.2) is 9.97 Å². The van der Waals surface area contributed by atoms with Gasteiger partial charge in [-0.05, 0) is 93.4 Å². The number of allylic oxidation sites excluding steroid dienone is 7. The topological polar surface area (TPSA) is 38.7 Å². The molecular formula is C46H35N3. The highest BCUT2D eigenvalue weighted by Crippen LogP contribution is 2.38. The Labute approximate surface area is 287 Å². The van der Waals surface area contributed by atoms with Gasteiger partial charge in [0.25, 0.3) is 0 Å². The van der Waals surface area contributed by atoms with Crippen LogP contribution < -0.4 is 0 Å². The van der Waals surface area contributed by atoms with Crippen molar-refractivity contribution in [2.75, 3.05) is 0 Å². The van der Waals surface area contributed by atoms with E-state index in [9.17, 15) is 0 Å². The fourth-order valence-corrected chi connectivity index (χ4v) is 6.95. The van der Waals surface area contributed by atoms with E-state index in [2.05, 4.69) is 152 Å². The van der Waals surface area contributed by atoms with Crippen LogP contribution in [0.5, 0.6) is 0 Å². The summed E-state index contributed by atoms with van der Waals surface area (Å²) < 4.78 is 0. The molecule has 8 rings (SSSR count). The normalized spacial score (nSPS) is 13.3. The molecule has 0 N–H and O–H groups in total. The molecule has 0 aliphatic heterocycles. The number of rotatable bonds is 7. The lowest BCUT2D eigenvalue weighted by Gasteiger charge is -2.19. The van der Waals surface area contributed by atoms with Gasteiger partial charge in [-0.15, -0.1) is 0 Å². The summed E-state index contributed by atoms with van der Waals surface area (Å²) in [4.78, 5) is 14.9. The Morgan fingerprint density at radius 3 is 2.12 bits per heavy atom. The van der Waals surface area contributed by atoms with Crippen molar-refractivity contribution < 1.29 is 0 Å². The molecule has 49 heavy (non-hydrogen) atoms. The molecule has 2 heterocycles. The smallest absolute Gasteiger partial charge is 0.161 e. The van der Waals surface area contributed by atoms with Gasteiger partial charge in [-0.3, -0.25) is 4.98 Å². The van der Waals surface area contributed by atoms with Crippen LogP contribution in [0.1, 0.15) is 25.3 Å². The molecule has 234 valence electrons. The number of benzene rings is 5. The van der Waals surface area contributed by atoms with Gasteiger partial charge >= 0.3 is 0 Å². The zero-order chi connectivity index (χ0) is 33.2. The summed E-state index contributed by atoms with van der Waals surface area (Å²) in [5.41, 5.74) is 12.0. The van der Waals surface area contributed by atoms with Crippen molar-refractivity contribution in [3.63, 3.8) is 0 Å². The Bertz CT molecular complexity index is 2450. The molecule has 0 radical (unpaired) electrons. The first kappa shape index (κ1) is 30.2. The minimum absolute atomic E-state index is 0.703. The lowest BCUT2D eigenvalue weighted by Crippen LogP contribution is -1.99. The summed E-state index contributed by atoms with van der Waals surface area (Å²) >= 11 is 0. The second-order valence-electron chi connectivity index (χ2n) is 12.4. The van der Waals surface area contributed by atoms with Crippen molar-refractivity contribution in [3.05, 3.63) is 181 Å². The molecule has 0 fully saturated rings. The first-order chi connectivity index (χ1) is 24.2. The molecule has 5 aromatic carbocycles. The Morgan fingerprint density at radius 1 is 0.633 bits per heavy atom. The molecule has 0 amide bonds. The van der Waals surface area contributed by atoms with Gasteiger partial charge in [0, 0.05) is 34.6 Å². The van der Waals surface area contributed by atoms with Gasteiger partial charge in [-0.1, -0.05) is 128 Å². The van der Waals surface area contributed by atoms with Crippen LogP contribution in [0.3, 0.4) is 0 Å². The number of hydrogen-bond donors (Lipinski definition) is 0. The predicted molar refractivity (Wildman–Crippen MR) is 206 cm³/mol. The van der Waals surface area contributed by atoms with E-state index < -0.39 is 0 Å². The third-order valence-electron chi connectivity index (χ3n) is 9.36. The van der Waals surface area contributed by atoms with E-state index in [1.165, 1.54) is 38.4 Å². The molecule has 7 aromatic rings. The van der Waals surface area contributed by atoms with E-state index in [1.807, 2.05) is 18.3 Å². The van der Waals surface area contributed by atoms with E-state index in [-0.39, 0.29) is 0 Å². The molecular weight excluding hydrogens is 595 g/mol. The van der Waals surface area contributed by atoms with Crippen LogP contribution in [-0.4, -0.2) is 15.0 Å². The van der Waals surface area contributed by atoms with Gasteiger partial charge in [0.15, 0.2) is 5.82 Å². The van der Waals surface area contributed by atoms with Crippen molar-refractivity contribution in [3.8, 4) is 45.0 Å². The Morgan fingerprint density at radius 2 is 1.35 bits per heavy atom. The third kappa shape index (κ3) is 5.81. The Balaban J connectivity index is 1.30. The zero-order valence-corrected chi connectivity index (χ0v) is 27.5. The molecule has 3 nitrogen and oxygen atoms in total. The molecule has 1 aliphatic carbocycles. The molecule has 2 aromatic heterocycles. The first-order valence-corrected chi connectivity index (χ1v) is 16.8. The lowest BCUT2D eigenvalue weighted by molar-refractivity contribution is 0.984. The maximum Gasteiger partial charge on any atom is 0.161 e. The minimum Gasteiger partial charge on any atom is -0.264 e. The SMILES string of the molecule is C=CC1=C(/C=C\C)C(c2ccc(-c3cc(-c4cccc(-c5cccnc5)c4)nc(-c4cc5ccccc5c5ccccc45)n3)cc2)=CCC1. The van der Waals surface area contributed by atoms with E-state index >= 15 is 0 Å². The molecule has 0 unspecified atom stereocenters. The van der Waals surface area contributed by atoms with Gasteiger partial charge < -0.3 is 0 Å². The van der Waals surface area contributed by atoms with Crippen LogP contribution in [0.25, 0.3) is 72.1 Å². The third-order valence-corrected chi connectivity index (χ3v) is 9.36. The summed E-state index contributed by atoms with van der Waals surface area (Å²) in [5, 5.41) is 4.72. The molecule has 1 aliphatic rings. The van der Waals surface area contributed by atoms with Crippen LogP contribution >= 0.6 is 0 Å². The van der Waals surface area contributed by atoms with E-state index in [0.29, 0.717) is 5.82 Å². The van der Waals surface area contributed by atoms with E-state index in [4.69, 9.17) is 9.97 Å². The lowest BCUT2D eigenvalue weighted by atomic mass is 9.86. The molecule has 0 saturated carbocycles. The highest BCUT2D eigenvalue weighted by atomic mass is 14.9. The second kappa shape index (κ2) is 13.1. The first-order valence-electron chi connectivity index (χ1n) is 16.8. The van der Waals surface area contributed by atoms with Crippen LogP contribution in [0.2, 0.25) is 0 Å². The van der Waals surface area contributed by atoms with Gasteiger partial charge in [0.05, 0.1) is 11.4 Å². The van der Waals surface area contributed by atoms with Gasteiger partial charge in [0.2, 0.25) is 0 Å². The average molecular weight is 630 g/mol. The summed E-state index contributed by atoms with van der Waals surface area (Å²) in [6, 6.07) is 42.8. The molecule has 3 heteroatoms. The highest BCUT2D eigenvalue weighted by Gasteiger charge is 2.17. The van der Waals surface area contributed by atoms with Gasteiger partial charge in [0.1, 0.15) is 0 Å². The van der Waals surface area contributed by atoms with Crippen LogP contribution in [-0.2, 0) is 0 Å². The number of pyridine rings is 1. The monoisotopic (exact) mass is 629 g/mol. The number of hydrogen-bond acceptors (Lipinski definition) is 3. The summed E-state index contributed by atoms with van der Waals surface area (Å²) in [6.45, 7) is 6.15. The maximum absolute atomic E-state index is 5.28. The highest BCUT2D eigenvalue weighted by molar-refractivity contribution is 6.13. The molecule has 0 bridgehead atoms. The number of aromatic nitrogens is 3. The number of fused-ring (bicyclic) bond motifs is 3. The van der Waals surface area contributed by atoms with Crippen molar-refractivity contribution in [2.24, 2.45) is 0 Å². The Hall–Kier alpha value is -6.19. The van der Waals surface area contributed by atoms with Crippen LogP contribution in [0.15, 0.2) is 176 Å². The quantitative estimate of drug-likeness (QED) is 0.165. The minimum atomic E-state index is 0.703. The fourth-order valence-electron chi connectivity index (χ4n) is 6.95. The summed E-state index contributed by atoms with van der Waals surface area (Å²) in [6.07, 6.45) is 14.4. The molecule has 0 saturated heterocycles. The van der Waals surface area contributed by atoms with Crippen molar-refractivity contribution in [1.82, 2.24) is 15.0 Å². The largest absolute Gasteiger partial charge is 0.264 e. The molecule has 0 atom stereocenters. The van der Waals surface area contributed by atoms with Gasteiger partial charge in [-0.2, -0.15) is 0 Å². The van der Waals surface area contributed by atoms with Crippen LogP contribution in [0.4, 0.5) is 0 Å². The average Bonchev–Trinajstić information content (AvgIpc) is 3.18. The van der Waals surface area contributed by atoms with E-state index in [0.717, 1.165) is 57.4 Å². The molecule has 0 spiro atoms. The predicted octanol–water partition coefficient (Wildman–Crippen LogP) is 12.1. The zero-order valence-electron chi connectivity index (χ0n) is 27.5. The van der Waals surface area contributed by atoms with E-state index in [1.54, 1.807) is 6.20 Å². The van der Waals surface area contributed by atoms with Crippen LogP contribution in [0, 0.1) is 0 Å². The second-order valence-corrected chi connectivity index (χ2v) is 12.4. The summed E-state index contributed by atoms with van der Waals surface area (Å²) in [7, 11) is 0. The number of nitrogens with zero attached hydrogens (tertiary/aromatic N) is 3. The summed E-state index contributed by atoms with van der Waals surface area (Å²) in [5.74, 6) is 0.703. The Kier molecular flexibility index (Phi) is 8.09. The van der Waals surface area contributed by atoms with Crippen molar-refractivity contribution >= 4 is 27.1 Å². The maximum atomic E-state index is 5.28. The fraction of sp³-hybridized carbons (Fsp3) is 0.0652. The van der Waals surface area contributed by atoms with Crippen molar-refractivity contribution in [1.29, 1.82) is 0 Å². The van der Waals surface area contributed by atoms with Crippen molar-refractivity contribution in [2.45, 2.75) is 19.8 Å². The standard InChI is InChI=1S/C46H35N3/c1-3-12-38-31(4-2)14-10-21-39(38)32-22-24-33(25-23-32)44-29-45(36-16-9-15-34(27-36)37-17-11-26-47-30-37)49-46(48-44)43-28-35-13-5-6-18-40(35)41-19-7-8-20-42(41)43/h3-9,11-13,15-30H,2,10,14H2,1H3/b12-3-.